The molecule has 0 heterocycles. The van der Waals surface area contributed by atoms with Crippen molar-refractivity contribution < 1.29 is 0 Å². The smallest absolute Gasteiger partial charge is 0.0603 e. The maximum absolute atomic E-state index is 3.55. The molecule has 0 fully saturated rings. The van der Waals surface area contributed by atoms with Crippen LogP contribution in [-0.4, -0.2) is 7.05 Å². The largest absolute Gasteiger partial charge is 0.303 e. The summed E-state index contributed by atoms with van der Waals surface area (Å²) >= 11 is 0. The van der Waals surface area contributed by atoms with Crippen LogP contribution in [0, 0.1) is 0 Å². The molecule has 0 unspecified atom stereocenters. The molecule has 2 aromatic carbocycles. The number of hydrazine groups is 2. The van der Waals surface area contributed by atoms with Gasteiger partial charge in [0.05, 0.1) is 11.4 Å². The molecule has 0 bridgehead atoms. The van der Waals surface area contributed by atoms with Crippen molar-refractivity contribution in [3.63, 3.8) is 0 Å². The molecule has 2 rings (SSSR count). The highest BCUT2D eigenvalue weighted by atomic mass is 15.7. The maximum Gasteiger partial charge on any atom is 0.0603 e. The number of nitrogens with zero attached hydrogens (tertiary/aromatic N) is 1. The van der Waals surface area contributed by atoms with Crippen LogP contribution in [0.15, 0.2) is 36.4 Å². The number of rotatable bonds is 8. The first kappa shape index (κ1) is 22.3. The Bertz CT molecular complexity index is 723. The zero-order valence-electron chi connectivity index (χ0n) is 19.2. The molecule has 2 aromatic rings. The van der Waals surface area contributed by atoms with E-state index in [0.29, 0.717) is 23.7 Å². The molecule has 0 atom stereocenters. The zero-order chi connectivity index (χ0) is 21.0. The molecule has 0 amide bonds. The van der Waals surface area contributed by atoms with Gasteiger partial charge in [0.15, 0.2) is 0 Å². The lowest BCUT2D eigenvalue weighted by Gasteiger charge is -2.30. The fourth-order valence-corrected chi connectivity index (χ4v) is 3.79. The van der Waals surface area contributed by atoms with Crippen molar-refractivity contribution in [3.05, 3.63) is 58.7 Å². The molecule has 154 valence electrons. The number of nitrogens with one attached hydrogen (secondary N) is 2. The first-order chi connectivity index (χ1) is 13.1. The lowest BCUT2D eigenvalue weighted by atomic mass is 9.92. The van der Waals surface area contributed by atoms with E-state index in [1.807, 2.05) is 0 Å². The topological polar surface area (TPSA) is 27.3 Å². The van der Waals surface area contributed by atoms with Gasteiger partial charge < -0.3 is 5.43 Å². The monoisotopic (exact) mass is 381 g/mol. The summed E-state index contributed by atoms with van der Waals surface area (Å²) in [6, 6.07) is 13.3. The summed E-state index contributed by atoms with van der Waals surface area (Å²) < 4.78 is 0. The van der Waals surface area contributed by atoms with Gasteiger partial charge in [-0.15, -0.1) is 5.53 Å². The Morgan fingerprint density at radius 3 is 1.32 bits per heavy atom. The average molecular weight is 382 g/mol. The number of hydrogen-bond donors (Lipinski definition) is 2. The van der Waals surface area contributed by atoms with Gasteiger partial charge in [0.2, 0.25) is 0 Å². The Labute approximate surface area is 172 Å². The standard InChI is InChI=1S/C25H39N3/c1-16(2)20-12-10-13-21(17(3)4)24(20)26-27-28(9)25-22(18(5)6)14-11-15-23(25)19(7)8/h10-19,26-27H,1-9H3. The van der Waals surface area contributed by atoms with Crippen molar-refractivity contribution in [1.29, 1.82) is 0 Å². The summed E-state index contributed by atoms with van der Waals surface area (Å²) in [6.45, 7) is 18.0. The molecule has 0 aliphatic heterocycles. The molecule has 3 nitrogen and oxygen atoms in total. The predicted molar refractivity (Wildman–Crippen MR) is 124 cm³/mol. The van der Waals surface area contributed by atoms with Gasteiger partial charge in [-0.3, -0.25) is 5.01 Å². The second-order valence-electron chi connectivity index (χ2n) is 9.01. The summed E-state index contributed by atoms with van der Waals surface area (Å²) in [6.07, 6.45) is 0. The zero-order valence-corrected chi connectivity index (χ0v) is 19.2. The third kappa shape index (κ3) is 4.88. The van der Waals surface area contributed by atoms with Crippen LogP contribution in [0.3, 0.4) is 0 Å². The first-order valence-electron chi connectivity index (χ1n) is 10.7. The van der Waals surface area contributed by atoms with Gasteiger partial charge in [-0.1, -0.05) is 91.8 Å². The Morgan fingerprint density at radius 1 is 0.607 bits per heavy atom. The minimum Gasteiger partial charge on any atom is -0.303 e. The van der Waals surface area contributed by atoms with E-state index < -0.39 is 0 Å². The molecule has 0 saturated carbocycles. The summed E-state index contributed by atoms with van der Waals surface area (Å²) in [7, 11) is 2.10. The van der Waals surface area contributed by atoms with Crippen molar-refractivity contribution in [1.82, 2.24) is 5.53 Å². The molecule has 2 N–H and O–H groups in total. The van der Waals surface area contributed by atoms with Crippen LogP contribution in [0.2, 0.25) is 0 Å². The molecule has 28 heavy (non-hydrogen) atoms. The highest BCUT2D eigenvalue weighted by Gasteiger charge is 2.18. The average Bonchev–Trinajstić information content (AvgIpc) is 2.64. The van der Waals surface area contributed by atoms with Gasteiger partial charge in [-0.05, 0) is 45.9 Å². The van der Waals surface area contributed by atoms with E-state index in [-0.39, 0.29) is 0 Å². The predicted octanol–water partition coefficient (Wildman–Crippen LogP) is 7.15. The number of hydrogen-bond acceptors (Lipinski definition) is 3. The third-order valence-electron chi connectivity index (χ3n) is 5.40. The second kappa shape index (κ2) is 9.47. The van der Waals surface area contributed by atoms with Gasteiger partial charge in [-0.25, -0.2) is 0 Å². The van der Waals surface area contributed by atoms with Gasteiger partial charge >= 0.3 is 0 Å². The van der Waals surface area contributed by atoms with Gasteiger partial charge in [-0.2, -0.15) is 0 Å². The molecule has 0 saturated heterocycles. The molecule has 0 radical (unpaired) electrons. The first-order valence-corrected chi connectivity index (χ1v) is 10.7. The van der Waals surface area contributed by atoms with E-state index in [4.69, 9.17) is 0 Å². The van der Waals surface area contributed by atoms with Crippen molar-refractivity contribution in [2.75, 3.05) is 17.5 Å². The van der Waals surface area contributed by atoms with Crippen LogP contribution in [0.25, 0.3) is 0 Å². The highest BCUT2D eigenvalue weighted by molar-refractivity contribution is 5.63. The molecule has 0 spiro atoms. The Hall–Kier alpha value is -2.00. The van der Waals surface area contributed by atoms with E-state index in [1.165, 1.54) is 33.6 Å². The van der Waals surface area contributed by atoms with E-state index in [1.54, 1.807) is 0 Å². The summed E-state index contributed by atoms with van der Waals surface area (Å²) in [5.41, 5.74) is 14.9. The SMILES string of the molecule is CC(C)c1cccc(C(C)C)c1NNN(C)c1c(C(C)C)cccc1C(C)C. The summed E-state index contributed by atoms with van der Waals surface area (Å²) in [5, 5.41) is 2.14. The molecular weight excluding hydrogens is 342 g/mol. The number of para-hydroxylation sites is 2. The molecular formula is C25H39N3. The van der Waals surface area contributed by atoms with E-state index >= 15 is 0 Å². The maximum atomic E-state index is 3.55. The lowest BCUT2D eigenvalue weighted by Crippen LogP contribution is -2.40. The van der Waals surface area contributed by atoms with Crippen molar-refractivity contribution >= 4 is 11.4 Å². The lowest BCUT2D eigenvalue weighted by molar-refractivity contribution is 0.729. The minimum absolute atomic E-state index is 0.461. The molecule has 0 aliphatic carbocycles. The quantitative estimate of drug-likeness (QED) is 0.475. The van der Waals surface area contributed by atoms with Crippen LogP contribution in [0.5, 0.6) is 0 Å². The second-order valence-corrected chi connectivity index (χ2v) is 9.01. The molecule has 3 heteroatoms. The van der Waals surface area contributed by atoms with E-state index in [9.17, 15) is 0 Å². The van der Waals surface area contributed by atoms with Crippen LogP contribution in [0.1, 0.15) is 101 Å². The number of benzene rings is 2. The van der Waals surface area contributed by atoms with Gasteiger partial charge in [0.1, 0.15) is 0 Å². The minimum atomic E-state index is 0.461. The van der Waals surface area contributed by atoms with Crippen molar-refractivity contribution in [2.45, 2.75) is 79.1 Å². The fraction of sp³-hybridized carbons (Fsp3) is 0.520. The molecule has 0 aliphatic rings. The van der Waals surface area contributed by atoms with E-state index in [0.717, 1.165) is 0 Å². The fourth-order valence-electron chi connectivity index (χ4n) is 3.79. The third-order valence-corrected chi connectivity index (χ3v) is 5.40. The van der Waals surface area contributed by atoms with Crippen molar-refractivity contribution in [2.24, 2.45) is 0 Å². The molecule has 0 aromatic heterocycles. The normalized spacial score (nSPS) is 11.8. The van der Waals surface area contributed by atoms with Crippen LogP contribution >= 0.6 is 0 Å². The number of anilines is 2. The van der Waals surface area contributed by atoms with Crippen LogP contribution in [0.4, 0.5) is 11.4 Å². The Balaban J connectivity index is 2.40. The Kier molecular flexibility index (Phi) is 7.54. The van der Waals surface area contributed by atoms with Gasteiger partial charge in [0.25, 0.3) is 0 Å². The Morgan fingerprint density at radius 2 is 0.964 bits per heavy atom. The summed E-state index contributed by atoms with van der Waals surface area (Å²) in [5.74, 6) is 1.85. The van der Waals surface area contributed by atoms with Crippen LogP contribution in [-0.2, 0) is 0 Å². The van der Waals surface area contributed by atoms with Crippen LogP contribution < -0.4 is 16.0 Å². The van der Waals surface area contributed by atoms with Gasteiger partial charge in [0, 0.05) is 7.05 Å². The summed E-state index contributed by atoms with van der Waals surface area (Å²) in [4.78, 5) is 0. The van der Waals surface area contributed by atoms with Crippen molar-refractivity contribution in [3.8, 4) is 0 Å². The highest BCUT2D eigenvalue weighted by Crippen LogP contribution is 2.35. The van der Waals surface area contributed by atoms with E-state index in [2.05, 4.69) is 115 Å².